The van der Waals surface area contributed by atoms with Gasteiger partial charge in [0, 0.05) is 17.0 Å². The van der Waals surface area contributed by atoms with E-state index in [1.54, 1.807) is 4.68 Å². The van der Waals surface area contributed by atoms with Crippen LogP contribution in [-0.2, 0) is 17.8 Å². The average Bonchev–Trinajstić information content (AvgIpc) is 2.56. The van der Waals surface area contributed by atoms with Crippen LogP contribution >= 0.6 is 11.6 Å². The summed E-state index contributed by atoms with van der Waals surface area (Å²) < 4.78 is 1.65. The first-order valence-corrected chi connectivity index (χ1v) is 5.73. The van der Waals surface area contributed by atoms with E-state index in [1.807, 2.05) is 25.1 Å². The van der Waals surface area contributed by atoms with E-state index in [0.29, 0.717) is 11.4 Å². The van der Waals surface area contributed by atoms with Gasteiger partial charge in [0.15, 0.2) is 5.78 Å². The molecule has 1 aliphatic heterocycles. The molecular formula is C12H10ClN3O. The zero-order valence-corrected chi connectivity index (χ0v) is 10.0. The van der Waals surface area contributed by atoms with Crippen molar-refractivity contribution in [3.05, 3.63) is 34.5 Å². The van der Waals surface area contributed by atoms with E-state index in [-0.39, 0.29) is 12.3 Å². The lowest BCUT2D eigenvalue weighted by Gasteiger charge is -2.06. The summed E-state index contributed by atoms with van der Waals surface area (Å²) in [5, 5.41) is 8.68. The number of aryl methyl sites for hydroxylation is 1. The second-order valence-electron chi connectivity index (χ2n) is 4.20. The molecule has 86 valence electrons. The van der Waals surface area contributed by atoms with Crippen LogP contribution in [0.3, 0.4) is 0 Å². The number of Topliss-reactive ketones (excluding diaryl/α,β-unsaturated/α-hetero) is 1. The van der Waals surface area contributed by atoms with Crippen molar-refractivity contribution in [3.8, 4) is 11.3 Å². The first-order chi connectivity index (χ1) is 8.15. The van der Waals surface area contributed by atoms with E-state index in [4.69, 9.17) is 11.6 Å². The molecule has 1 aromatic carbocycles. The molecule has 0 fully saturated rings. The van der Waals surface area contributed by atoms with Crippen LogP contribution < -0.4 is 0 Å². The Bertz CT molecular complexity index is 618. The molecule has 0 atom stereocenters. The summed E-state index contributed by atoms with van der Waals surface area (Å²) in [6.07, 6.45) is 0.426. The maximum Gasteiger partial charge on any atom is 0.158 e. The van der Waals surface area contributed by atoms with Crippen molar-refractivity contribution in [3.63, 3.8) is 0 Å². The Kier molecular flexibility index (Phi) is 2.26. The minimum absolute atomic E-state index is 0.136. The van der Waals surface area contributed by atoms with Crippen molar-refractivity contribution in [2.45, 2.75) is 19.9 Å². The van der Waals surface area contributed by atoms with Gasteiger partial charge in [-0.2, -0.15) is 0 Å². The summed E-state index contributed by atoms with van der Waals surface area (Å²) in [4.78, 5) is 11.8. The molecule has 0 bridgehead atoms. The van der Waals surface area contributed by atoms with Crippen LogP contribution in [-0.4, -0.2) is 20.8 Å². The van der Waals surface area contributed by atoms with E-state index in [1.165, 1.54) is 0 Å². The summed E-state index contributed by atoms with van der Waals surface area (Å²) >= 11 is 6.02. The Morgan fingerprint density at radius 1 is 1.41 bits per heavy atom. The van der Waals surface area contributed by atoms with Gasteiger partial charge in [-0.25, -0.2) is 4.68 Å². The fourth-order valence-electron chi connectivity index (χ4n) is 2.20. The lowest BCUT2D eigenvalue weighted by molar-refractivity contribution is -0.119. The van der Waals surface area contributed by atoms with E-state index >= 15 is 0 Å². The third kappa shape index (κ3) is 1.65. The second kappa shape index (κ2) is 3.67. The van der Waals surface area contributed by atoms with Crippen LogP contribution in [0.4, 0.5) is 0 Å². The highest BCUT2D eigenvalue weighted by Gasteiger charge is 2.22. The Hall–Kier alpha value is -1.68. The molecule has 0 saturated carbocycles. The Labute approximate surface area is 103 Å². The summed E-state index contributed by atoms with van der Waals surface area (Å²) in [5.74, 6) is 0.136. The third-order valence-electron chi connectivity index (χ3n) is 2.94. The molecule has 17 heavy (non-hydrogen) atoms. The van der Waals surface area contributed by atoms with Crippen LogP contribution in [0.25, 0.3) is 11.3 Å². The van der Waals surface area contributed by atoms with Gasteiger partial charge in [0.2, 0.25) is 0 Å². The molecule has 5 heteroatoms. The van der Waals surface area contributed by atoms with E-state index < -0.39 is 0 Å². The number of aromatic nitrogens is 3. The molecule has 0 N–H and O–H groups in total. The van der Waals surface area contributed by atoms with Gasteiger partial charge in [-0.05, 0) is 24.6 Å². The molecule has 3 rings (SSSR count). The molecule has 2 heterocycles. The first-order valence-electron chi connectivity index (χ1n) is 5.36. The van der Waals surface area contributed by atoms with E-state index in [2.05, 4.69) is 10.3 Å². The van der Waals surface area contributed by atoms with Crippen LogP contribution in [0.1, 0.15) is 11.3 Å². The number of halogens is 1. The highest BCUT2D eigenvalue weighted by molar-refractivity contribution is 6.30. The molecule has 4 nitrogen and oxygen atoms in total. The molecule has 0 amide bonds. The average molecular weight is 248 g/mol. The maximum atomic E-state index is 11.8. The van der Waals surface area contributed by atoms with Gasteiger partial charge >= 0.3 is 0 Å². The molecule has 0 radical (unpaired) electrons. The number of hydrogen-bond acceptors (Lipinski definition) is 3. The zero-order valence-electron chi connectivity index (χ0n) is 9.27. The highest BCUT2D eigenvalue weighted by Crippen LogP contribution is 2.31. The van der Waals surface area contributed by atoms with Gasteiger partial charge in [0.05, 0.1) is 11.4 Å². The number of fused-ring (bicyclic) bond motifs is 3. The van der Waals surface area contributed by atoms with Crippen molar-refractivity contribution < 1.29 is 4.79 Å². The predicted molar refractivity (Wildman–Crippen MR) is 63.9 cm³/mol. The molecule has 2 aromatic rings. The Morgan fingerprint density at radius 2 is 2.24 bits per heavy atom. The molecule has 0 saturated heterocycles. The molecule has 0 unspecified atom stereocenters. The van der Waals surface area contributed by atoms with Gasteiger partial charge < -0.3 is 0 Å². The molecule has 1 aliphatic rings. The lowest BCUT2D eigenvalue weighted by atomic mass is 10.0. The van der Waals surface area contributed by atoms with Gasteiger partial charge in [0.1, 0.15) is 6.54 Å². The van der Waals surface area contributed by atoms with Crippen molar-refractivity contribution >= 4 is 17.4 Å². The minimum atomic E-state index is 0.136. The topological polar surface area (TPSA) is 47.8 Å². The van der Waals surface area contributed by atoms with Crippen LogP contribution in [0, 0.1) is 6.92 Å². The zero-order chi connectivity index (χ0) is 12.0. The van der Waals surface area contributed by atoms with Gasteiger partial charge in [-0.1, -0.05) is 22.9 Å². The normalized spacial score (nSPS) is 14.1. The van der Waals surface area contributed by atoms with Crippen LogP contribution in [0.2, 0.25) is 5.02 Å². The standard InChI is InChI=1S/C12H10ClN3O/c1-7-12-11-5-9(13)3-2-8(11)4-10(17)6-16(12)15-14-7/h2-3,5H,4,6H2,1H3. The number of benzene rings is 1. The minimum Gasteiger partial charge on any atom is -0.297 e. The highest BCUT2D eigenvalue weighted by atomic mass is 35.5. The van der Waals surface area contributed by atoms with Crippen molar-refractivity contribution in [1.82, 2.24) is 15.0 Å². The Balaban J connectivity index is 2.33. The van der Waals surface area contributed by atoms with Crippen molar-refractivity contribution in [2.24, 2.45) is 0 Å². The van der Waals surface area contributed by atoms with Gasteiger partial charge in [0.25, 0.3) is 0 Å². The van der Waals surface area contributed by atoms with Crippen LogP contribution in [0.5, 0.6) is 0 Å². The van der Waals surface area contributed by atoms with Gasteiger partial charge in [-0.15, -0.1) is 5.10 Å². The van der Waals surface area contributed by atoms with Crippen molar-refractivity contribution in [2.75, 3.05) is 0 Å². The third-order valence-corrected chi connectivity index (χ3v) is 3.18. The van der Waals surface area contributed by atoms with E-state index in [0.717, 1.165) is 22.5 Å². The van der Waals surface area contributed by atoms with Gasteiger partial charge in [-0.3, -0.25) is 4.79 Å². The van der Waals surface area contributed by atoms with Crippen LogP contribution in [0.15, 0.2) is 18.2 Å². The number of rotatable bonds is 0. The number of ketones is 1. The summed E-state index contributed by atoms with van der Waals surface area (Å²) in [6.45, 7) is 2.17. The first kappa shape index (κ1) is 10.5. The Morgan fingerprint density at radius 3 is 3.06 bits per heavy atom. The summed E-state index contributed by atoms with van der Waals surface area (Å²) in [6, 6.07) is 5.58. The molecule has 1 aromatic heterocycles. The van der Waals surface area contributed by atoms with E-state index in [9.17, 15) is 4.79 Å². The molecule has 0 aliphatic carbocycles. The number of carbonyl (C=O) groups excluding carboxylic acids is 1. The fraction of sp³-hybridized carbons (Fsp3) is 0.250. The number of carbonyl (C=O) groups is 1. The predicted octanol–water partition coefficient (Wildman–Crippen LogP) is 2.03. The summed E-state index contributed by atoms with van der Waals surface area (Å²) in [5.41, 5.74) is 3.67. The monoisotopic (exact) mass is 247 g/mol. The van der Waals surface area contributed by atoms with Crippen molar-refractivity contribution in [1.29, 1.82) is 0 Å². The number of hydrogen-bond donors (Lipinski definition) is 0. The quantitative estimate of drug-likeness (QED) is 0.716. The largest absolute Gasteiger partial charge is 0.297 e. The number of nitrogens with zero attached hydrogens (tertiary/aromatic N) is 3. The SMILES string of the molecule is Cc1nnn2c1-c1cc(Cl)ccc1CC(=O)C2. The lowest BCUT2D eigenvalue weighted by Crippen LogP contribution is -2.11. The smallest absolute Gasteiger partial charge is 0.158 e. The fourth-order valence-corrected chi connectivity index (χ4v) is 2.38. The molecular weight excluding hydrogens is 238 g/mol. The molecule has 0 spiro atoms. The maximum absolute atomic E-state index is 11.8. The summed E-state index contributed by atoms with van der Waals surface area (Å²) in [7, 11) is 0. The second-order valence-corrected chi connectivity index (χ2v) is 4.63.